The molecule has 0 bridgehead atoms. The molecule has 3 aromatic carbocycles. The van der Waals surface area contributed by atoms with Gasteiger partial charge in [0.2, 0.25) is 11.8 Å². The van der Waals surface area contributed by atoms with E-state index in [1.165, 1.54) is 45.7 Å². The Balaban J connectivity index is 0.788. The van der Waals surface area contributed by atoms with Gasteiger partial charge in [-0.2, -0.15) is 0 Å². The number of phenolic OH excluding ortho intramolecular Hbond substituents is 1. The lowest BCUT2D eigenvalue weighted by Gasteiger charge is -2.38. The van der Waals surface area contributed by atoms with Crippen LogP contribution in [0.5, 0.6) is 5.75 Å². The van der Waals surface area contributed by atoms with Crippen molar-refractivity contribution in [1.82, 2.24) is 15.1 Å². The van der Waals surface area contributed by atoms with Crippen molar-refractivity contribution in [1.29, 1.82) is 0 Å². The molecule has 3 amide bonds. The molecule has 274 valence electrons. The number of aryl methyl sites for hydroxylation is 1. The van der Waals surface area contributed by atoms with Gasteiger partial charge in [0.1, 0.15) is 11.8 Å². The average molecular weight is 729 g/mol. The van der Waals surface area contributed by atoms with Crippen molar-refractivity contribution < 1.29 is 19.5 Å². The summed E-state index contributed by atoms with van der Waals surface area (Å²) in [5, 5.41) is 14.6. The second-order valence-corrected chi connectivity index (χ2v) is 16.8. The van der Waals surface area contributed by atoms with Crippen molar-refractivity contribution in [3.63, 3.8) is 0 Å². The zero-order valence-corrected chi connectivity index (χ0v) is 31.0. The first kappa shape index (κ1) is 34.3. The first-order chi connectivity index (χ1) is 25.9. The number of hydrogen-bond donors (Lipinski definition) is 2. The minimum Gasteiger partial charge on any atom is -0.508 e. The summed E-state index contributed by atoms with van der Waals surface area (Å²) in [6, 6.07) is 25.7. The number of nitrogens with zero attached hydrogens (tertiary/aromatic N) is 3. The van der Waals surface area contributed by atoms with E-state index in [4.69, 9.17) is 0 Å². The van der Waals surface area contributed by atoms with Gasteiger partial charge < -0.3 is 19.8 Å². The molecule has 3 atom stereocenters. The molecule has 3 saturated heterocycles. The van der Waals surface area contributed by atoms with Crippen LogP contribution < -0.4 is 10.2 Å². The van der Waals surface area contributed by atoms with E-state index < -0.39 is 6.04 Å². The number of nitrogens with one attached hydrogen (secondary N) is 1. The van der Waals surface area contributed by atoms with Crippen LogP contribution in [0, 0.1) is 5.92 Å². The molecule has 0 saturated carbocycles. The first-order valence-corrected chi connectivity index (χ1v) is 20.5. The smallest absolute Gasteiger partial charge is 0.256 e. The summed E-state index contributed by atoms with van der Waals surface area (Å²) in [5.41, 5.74) is 8.52. The van der Waals surface area contributed by atoms with E-state index in [0.717, 1.165) is 69.5 Å². The summed E-state index contributed by atoms with van der Waals surface area (Å²) in [6.07, 6.45) is 7.34. The van der Waals surface area contributed by atoms with Crippen LogP contribution >= 0.6 is 11.3 Å². The van der Waals surface area contributed by atoms with E-state index in [1.807, 2.05) is 17.5 Å². The van der Waals surface area contributed by atoms with Crippen LogP contribution in [-0.4, -0.2) is 71.4 Å². The summed E-state index contributed by atoms with van der Waals surface area (Å²) in [7, 11) is 0. The van der Waals surface area contributed by atoms with Crippen LogP contribution in [0.15, 0.2) is 78.2 Å². The van der Waals surface area contributed by atoms with Crippen molar-refractivity contribution in [2.45, 2.75) is 81.7 Å². The van der Waals surface area contributed by atoms with Crippen molar-refractivity contribution in [3.8, 4) is 5.75 Å². The standard InChI is InChI=1S/C44H48N4O4S/c49-34-11-13-36-32(24-34)8-12-35(29-4-2-1-3-5-29)41(36)30-6-9-33(10-7-30)47-22-16-28(17-23-47)25-46-20-18-31(19-21-46)42-37-26-48(44(52)38(37)27-53-42)39-14-15-40(50)45-43(39)51/h1-7,9-11,13,24,27-28,31,35,39,41,49H,8,12,14-23,25-26H2,(H,45,50,51)/t35-,39?,41+/m1/s1. The zero-order valence-electron chi connectivity index (χ0n) is 30.2. The summed E-state index contributed by atoms with van der Waals surface area (Å²) in [5.74, 6) is 1.52. The molecule has 4 aliphatic heterocycles. The maximum absolute atomic E-state index is 13.2. The van der Waals surface area contributed by atoms with Crippen molar-refractivity contribution in [3.05, 3.63) is 116 Å². The van der Waals surface area contributed by atoms with Gasteiger partial charge in [-0.25, -0.2) is 0 Å². The van der Waals surface area contributed by atoms with Crippen LogP contribution in [0.4, 0.5) is 5.69 Å². The molecule has 1 aliphatic carbocycles. The van der Waals surface area contributed by atoms with E-state index in [9.17, 15) is 19.5 Å². The highest BCUT2D eigenvalue weighted by molar-refractivity contribution is 7.10. The average Bonchev–Trinajstić information content (AvgIpc) is 3.75. The number of hydrogen-bond acceptors (Lipinski definition) is 7. The third-order valence-electron chi connectivity index (χ3n) is 12.9. The molecule has 5 aliphatic rings. The van der Waals surface area contributed by atoms with E-state index in [0.29, 0.717) is 36.5 Å². The zero-order chi connectivity index (χ0) is 36.1. The third kappa shape index (κ3) is 6.67. The number of carbonyl (C=O) groups excluding carboxylic acids is 3. The molecule has 53 heavy (non-hydrogen) atoms. The van der Waals surface area contributed by atoms with Gasteiger partial charge in [0.25, 0.3) is 5.91 Å². The van der Waals surface area contributed by atoms with Crippen LogP contribution in [0.2, 0.25) is 0 Å². The third-order valence-corrected chi connectivity index (χ3v) is 14.0. The number of aromatic hydroxyl groups is 1. The number of likely N-dealkylation sites (tertiary alicyclic amines) is 1. The van der Waals surface area contributed by atoms with Gasteiger partial charge >= 0.3 is 0 Å². The number of benzene rings is 3. The fourth-order valence-electron chi connectivity index (χ4n) is 10.00. The van der Waals surface area contributed by atoms with Crippen LogP contribution in [0.1, 0.15) is 106 Å². The highest BCUT2D eigenvalue weighted by Gasteiger charge is 2.42. The van der Waals surface area contributed by atoms with Gasteiger partial charge in [-0.15, -0.1) is 11.3 Å². The van der Waals surface area contributed by atoms with Crippen molar-refractivity contribution in [2.75, 3.05) is 37.6 Å². The summed E-state index contributed by atoms with van der Waals surface area (Å²) in [6.45, 7) is 5.96. The molecule has 8 nitrogen and oxygen atoms in total. The number of phenols is 1. The number of thiophene rings is 1. The summed E-state index contributed by atoms with van der Waals surface area (Å²) < 4.78 is 0. The number of fused-ring (bicyclic) bond motifs is 2. The Labute approximate surface area is 315 Å². The fourth-order valence-corrected chi connectivity index (χ4v) is 11.2. The van der Waals surface area contributed by atoms with Crippen molar-refractivity contribution >= 4 is 34.7 Å². The predicted octanol–water partition coefficient (Wildman–Crippen LogP) is 7.17. The van der Waals surface area contributed by atoms with Crippen LogP contribution in [0.3, 0.4) is 0 Å². The Morgan fingerprint density at radius 3 is 2.32 bits per heavy atom. The van der Waals surface area contributed by atoms with E-state index in [2.05, 4.69) is 75.8 Å². The number of rotatable bonds is 7. The molecule has 0 spiro atoms. The Hall–Kier alpha value is -4.47. The highest BCUT2D eigenvalue weighted by atomic mass is 32.1. The van der Waals surface area contributed by atoms with Crippen molar-refractivity contribution in [2.24, 2.45) is 5.92 Å². The topological polar surface area (TPSA) is 93.2 Å². The van der Waals surface area contributed by atoms with Crippen LogP contribution in [-0.2, 0) is 22.6 Å². The highest BCUT2D eigenvalue weighted by Crippen LogP contribution is 2.47. The maximum Gasteiger partial charge on any atom is 0.256 e. The molecule has 1 aromatic heterocycles. The fraction of sp³-hybridized carbons (Fsp3) is 0.432. The van der Waals surface area contributed by atoms with Gasteiger partial charge in [-0.1, -0.05) is 48.5 Å². The lowest BCUT2D eigenvalue weighted by molar-refractivity contribution is -0.136. The van der Waals surface area contributed by atoms with E-state index in [1.54, 1.807) is 16.2 Å². The predicted molar refractivity (Wildman–Crippen MR) is 208 cm³/mol. The van der Waals surface area contributed by atoms with Gasteiger partial charge in [0, 0.05) is 54.5 Å². The number of anilines is 1. The molecule has 9 heteroatoms. The minimum atomic E-state index is -0.553. The Morgan fingerprint density at radius 1 is 0.792 bits per heavy atom. The maximum atomic E-state index is 13.2. The van der Waals surface area contributed by atoms with Crippen LogP contribution in [0.25, 0.3) is 0 Å². The molecule has 2 N–H and O–H groups in total. The lowest BCUT2D eigenvalue weighted by Crippen LogP contribution is -2.52. The van der Waals surface area contributed by atoms with Gasteiger partial charge in [0.05, 0.1) is 5.56 Å². The molecule has 5 heterocycles. The second-order valence-electron chi connectivity index (χ2n) is 15.9. The molecular weight excluding hydrogens is 681 g/mol. The molecule has 9 rings (SSSR count). The quantitative estimate of drug-likeness (QED) is 0.196. The second kappa shape index (κ2) is 14.4. The Morgan fingerprint density at radius 2 is 1.57 bits per heavy atom. The molecular formula is C44H48N4O4S. The molecule has 0 radical (unpaired) electrons. The summed E-state index contributed by atoms with van der Waals surface area (Å²) in [4.78, 5) is 45.6. The molecule has 1 unspecified atom stereocenters. The molecule has 3 fully saturated rings. The SMILES string of the molecule is O=C1CCC(N2Cc3c(csc3C3CCN(CC4CCN(c5ccc([C@@H]6c7ccc(O)cc7CC[C@@H]6c6ccccc6)cc5)CC4)CC3)C2=O)C(=O)N1. The summed E-state index contributed by atoms with van der Waals surface area (Å²) >= 11 is 1.72. The first-order valence-electron chi connectivity index (χ1n) is 19.6. The number of carbonyl (C=O) groups is 3. The van der Waals surface area contributed by atoms with E-state index in [-0.39, 0.29) is 30.1 Å². The Bertz CT molecular complexity index is 2000. The monoisotopic (exact) mass is 728 g/mol. The Kier molecular flexibility index (Phi) is 9.32. The van der Waals surface area contributed by atoms with E-state index >= 15 is 0 Å². The number of amides is 3. The molecule has 4 aromatic rings. The van der Waals surface area contributed by atoms with Gasteiger partial charge in [-0.05, 0) is 128 Å². The minimum absolute atomic E-state index is 0.0645. The lowest BCUT2D eigenvalue weighted by atomic mass is 9.69. The van der Waals surface area contributed by atoms with Gasteiger partial charge in [-0.3, -0.25) is 19.7 Å². The number of imide groups is 1. The normalized spacial score (nSPS) is 24.3. The van der Waals surface area contributed by atoms with Gasteiger partial charge in [0.15, 0.2) is 0 Å². The largest absolute Gasteiger partial charge is 0.508 e. The number of piperidine rings is 3.